The van der Waals surface area contributed by atoms with E-state index in [-0.39, 0.29) is 0 Å². The highest BCUT2D eigenvalue weighted by Crippen LogP contribution is 2.40. The van der Waals surface area contributed by atoms with Crippen molar-refractivity contribution in [1.29, 1.82) is 0 Å². The van der Waals surface area contributed by atoms with Crippen LogP contribution in [-0.2, 0) is 0 Å². The maximum Gasteiger partial charge on any atom is 0.0548 e. The van der Waals surface area contributed by atoms with Gasteiger partial charge in [0.15, 0.2) is 0 Å². The molecule has 0 aliphatic rings. The largest absolute Gasteiger partial charge is 0.309 e. The van der Waals surface area contributed by atoms with Crippen LogP contribution >= 0.6 is 0 Å². The minimum Gasteiger partial charge on any atom is -0.309 e. The van der Waals surface area contributed by atoms with Crippen LogP contribution in [-0.4, -0.2) is 13.5 Å². The molecule has 0 saturated heterocycles. The van der Waals surface area contributed by atoms with E-state index in [9.17, 15) is 0 Å². The summed E-state index contributed by atoms with van der Waals surface area (Å²) in [6.45, 7) is 0. The van der Waals surface area contributed by atoms with Gasteiger partial charge in [0, 0.05) is 49.1 Å². The Balaban J connectivity index is 1.23. The van der Waals surface area contributed by atoms with Crippen molar-refractivity contribution < 1.29 is 0 Å². The van der Waals surface area contributed by atoms with Crippen molar-refractivity contribution in [2.75, 3.05) is 0 Å². The molecule has 218 valence electrons. The molecular weight excluding hydrogens is 571 g/mol. The molecule has 0 saturated carbocycles. The highest BCUT2D eigenvalue weighted by Gasteiger charge is 2.18. The lowest BCUT2D eigenvalue weighted by atomic mass is 10.1. The van der Waals surface area contributed by atoms with E-state index in [0.717, 1.165) is 11.4 Å². The summed E-state index contributed by atoms with van der Waals surface area (Å²) in [6, 6.07) is 60.0. The highest BCUT2D eigenvalue weighted by atomic mass is 15.0. The molecule has 11 rings (SSSR count). The number of rotatable bonds is 2. The second-order valence-corrected chi connectivity index (χ2v) is 12.6. The molecule has 0 N–H and O–H groups in total. The van der Waals surface area contributed by atoms with Gasteiger partial charge in [-0.2, -0.15) is 0 Å². The van der Waals surface area contributed by atoms with E-state index in [1.54, 1.807) is 0 Å². The van der Waals surface area contributed by atoms with Crippen molar-refractivity contribution in [3.05, 3.63) is 164 Å². The Bertz CT molecular complexity index is 3020. The fourth-order valence-corrected chi connectivity index (χ4v) is 8.22. The van der Waals surface area contributed by atoms with E-state index in [1.807, 2.05) is 0 Å². The van der Waals surface area contributed by atoms with Gasteiger partial charge in [-0.25, -0.2) is 0 Å². The zero-order valence-electron chi connectivity index (χ0n) is 25.4. The zero-order chi connectivity index (χ0) is 30.6. The Kier molecular flexibility index (Phi) is 4.84. The molecule has 0 radical (unpaired) electrons. The molecule has 7 aromatic carbocycles. The average Bonchev–Trinajstić information content (AvgIpc) is 3.78. The van der Waals surface area contributed by atoms with E-state index in [1.165, 1.54) is 81.7 Å². The second kappa shape index (κ2) is 9.12. The van der Waals surface area contributed by atoms with Gasteiger partial charge in [-0.15, -0.1) is 0 Å². The maximum atomic E-state index is 2.46. The molecule has 0 aliphatic carbocycles. The van der Waals surface area contributed by atoms with Crippen LogP contribution in [0.4, 0.5) is 0 Å². The zero-order valence-corrected chi connectivity index (χ0v) is 25.4. The molecule has 0 fully saturated rings. The van der Waals surface area contributed by atoms with Crippen molar-refractivity contribution in [3.8, 4) is 11.4 Å². The number of pyridine rings is 1. The van der Waals surface area contributed by atoms with E-state index in [2.05, 4.69) is 177 Å². The van der Waals surface area contributed by atoms with Crippen LogP contribution in [0, 0.1) is 0 Å². The van der Waals surface area contributed by atoms with E-state index in [4.69, 9.17) is 0 Å². The first-order valence-corrected chi connectivity index (χ1v) is 16.2. The Morgan fingerprint density at radius 3 is 1.28 bits per heavy atom. The molecule has 4 heterocycles. The molecule has 0 spiro atoms. The van der Waals surface area contributed by atoms with Gasteiger partial charge >= 0.3 is 0 Å². The third-order valence-electron chi connectivity index (χ3n) is 10.2. The summed E-state index contributed by atoms with van der Waals surface area (Å²) >= 11 is 0. The minimum absolute atomic E-state index is 1.15. The lowest BCUT2D eigenvalue weighted by Gasteiger charge is -2.13. The highest BCUT2D eigenvalue weighted by molar-refractivity contribution is 6.19. The van der Waals surface area contributed by atoms with Crippen LogP contribution in [0.5, 0.6) is 0 Å². The molecule has 0 amide bonds. The second-order valence-electron chi connectivity index (χ2n) is 12.6. The number of aromatic nitrogens is 3. The summed E-state index contributed by atoms with van der Waals surface area (Å²) < 4.78 is 7.30. The van der Waals surface area contributed by atoms with Crippen LogP contribution in [0.3, 0.4) is 0 Å². The third kappa shape index (κ3) is 3.30. The number of para-hydroxylation sites is 4. The fraction of sp³-hybridized carbons (Fsp3) is 0. The molecule has 0 bridgehead atoms. The first kappa shape index (κ1) is 24.9. The van der Waals surface area contributed by atoms with Crippen molar-refractivity contribution in [1.82, 2.24) is 13.5 Å². The van der Waals surface area contributed by atoms with Gasteiger partial charge in [0.1, 0.15) is 0 Å². The van der Waals surface area contributed by atoms with Crippen LogP contribution in [0.25, 0.3) is 93.1 Å². The van der Waals surface area contributed by atoms with E-state index >= 15 is 0 Å². The van der Waals surface area contributed by atoms with Gasteiger partial charge in [0.2, 0.25) is 0 Å². The Hall–Kier alpha value is -6.32. The van der Waals surface area contributed by atoms with Crippen LogP contribution < -0.4 is 0 Å². The van der Waals surface area contributed by atoms with Gasteiger partial charge in [0.05, 0.1) is 38.6 Å². The lowest BCUT2D eigenvalue weighted by Crippen LogP contribution is -1.98. The Morgan fingerprint density at radius 1 is 0.255 bits per heavy atom. The monoisotopic (exact) mass is 597 g/mol. The van der Waals surface area contributed by atoms with Gasteiger partial charge in [-0.3, -0.25) is 0 Å². The molecule has 47 heavy (non-hydrogen) atoms. The predicted molar refractivity (Wildman–Crippen MR) is 199 cm³/mol. The summed E-state index contributed by atoms with van der Waals surface area (Å²) in [5.41, 5.74) is 10.9. The van der Waals surface area contributed by atoms with Crippen molar-refractivity contribution >= 4 is 81.7 Å². The van der Waals surface area contributed by atoms with E-state index < -0.39 is 0 Å². The summed E-state index contributed by atoms with van der Waals surface area (Å²) in [6.07, 6.45) is 0. The first-order chi connectivity index (χ1) is 23.3. The Morgan fingerprint density at radius 2 is 0.681 bits per heavy atom. The van der Waals surface area contributed by atoms with Crippen LogP contribution in [0.15, 0.2) is 164 Å². The van der Waals surface area contributed by atoms with Crippen LogP contribution in [0.2, 0.25) is 0 Å². The van der Waals surface area contributed by atoms with E-state index in [0.29, 0.717) is 0 Å². The third-order valence-corrected chi connectivity index (χ3v) is 10.2. The van der Waals surface area contributed by atoms with Crippen molar-refractivity contribution in [2.45, 2.75) is 0 Å². The van der Waals surface area contributed by atoms with Gasteiger partial charge in [0.25, 0.3) is 0 Å². The lowest BCUT2D eigenvalue weighted by molar-refractivity contribution is 1.13. The van der Waals surface area contributed by atoms with Crippen LogP contribution in [0.1, 0.15) is 0 Å². The normalized spacial score (nSPS) is 12.3. The molecule has 0 atom stereocenters. The van der Waals surface area contributed by atoms with Gasteiger partial charge in [-0.05, 0) is 66.0 Å². The standard InChI is InChI=1S/C44H27N3/c1-2-16-33-31(14-1)32-15-3-10-23-41(32)47-42-27-37-36-19-6-9-22-40(36)46(44(37)25-28(42)24-43(33)47)30-13-11-12-29(26-30)45-38-20-7-4-17-34(38)35-18-5-8-21-39(35)45/h1-27H. The summed E-state index contributed by atoms with van der Waals surface area (Å²) in [7, 11) is 0. The summed E-state index contributed by atoms with van der Waals surface area (Å²) in [4.78, 5) is 0. The number of hydrogen-bond acceptors (Lipinski definition) is 0. The number of benzene rings is 7. The SMILES string of the molecule is c1cc(-n2c3ccccc3c3ccccc32)cc(-n2c3ccccc3c3cc4c(cc32)cc2c3ccccc3c3ccccc3n42)c1. The fourth-order valence-electron chi connectivity index (χ4n) is 8.22. The molecule has 0 aliphatic heterocycles. The number of fused-ring (bicyclic) bond motifs is 14. The smallest absolute Gasteiger partial charge is 0.0548 e. The summed E-state index contributed by atoms with van der Waals surface area (Å²) in [5.74, 6) is 0. The maximum absolute atomic E-state index is 2.46. The van der Waals surface area contributed by atoms with Gasteiger partial charge in [-0.1, -0.05) is 103 Å². The molecular formula is C44H27N3. The molecule has 0 unspecified atom stereocenters. The minimum atomic E-state index is 1.15. The topological polar surface area (TPSA) is 14.3 Å². The Labute approximate surface area is 269 Å². The van der Waals surface area contributed by atoms with Crippen molar-refractivity contribution in [2.24, 2.45) is 0 Å². The molecule has 11 aromatic rings. The van der Waals surface area contributed by atoms with Gasteiger partial charge < -0.3 is 13.5 Å². The summed E-state index contributed by atoms with van der Waals surface area (Å²) in [5, 5.41) is 10.1. The first-order valence-electron chi connectivity index (χ1n) is 16.2. The average molecular weight is 598 g/mol. The van der Waals surface area contributed by atoms with Crippen molar-refractivity contribution in [3.63, 3.8) is 0 Å². The molecule has 4 aromatic heterocycles. The number of nitrogens with zero attached hydrogens (tertiary/aromatic N) is 3. The number of hydrogen-bond donors (Lipinski definition) is 0. The molecule has 3 heteroatoms. The quantitative estimate of drug-likeness (QED) is 0.176. The predicted octanol–water partition coefficient (Wildman–Crippen LogP) is 11.6. The molecule has 3 nitrogen and oxygen atoms in total.